The molecule has 0 saturated carbocycles. The number of carbonyl (C=O) groups excluding carboxylic acids is 1. The molecular weight excluding hydrogens is 416 g/mol. The number of ether oxygens (including phenoxy) is 1. The van der Waals surface area contributed by atoms with Gasteiger partial charge in [0.05, 0.1) is 24.8 Å². The number of likely N-dealkylation sites (tertiary alicyclic amines) is 1. The van der Waals surface area contributed by atoms with Gasteiger partial charge in [0.25, 0.3) is 11.5 Å². The van der Waals surface area contributed by atoms with Crippen molar-refractivity contribution in [3.05, 3.63) is 63.2 Å². The van der Waals surface area contributed by atoms with E-state index in [2.05, 4.69) is 39.8 Å². The maximum atomic E-state index is 13.4. The number of nitrogens with one attached hydrogen (secondary N) is 2. The Bertz CT molecular complexity index is 1220. The Kier molecular flexibility index (Phi) is 6.61. The lowest BCUT2D eigenvalue weighted by Crippen LogP contribution is -2.33. The third-order valence-corrected chi connectivity index (χ3v) is 7.11. The van der Waals surface area contributed by atoms with Crippen molar-refractivity contribution < 1.29 is 9.53 Å². The molecule has 1 aromatic carbocycles. The zero-order chi connectivity index (χ0) is 23.7. The summed E-state index contributed by atoms with van der Waals surface area (Å²) in [5.41, 5.74) is 3.60. The van der Waals surface area contributed by atoms with Crippen LogP contribution in [0.5, 0.6) is 5.75 Å². The van der Waals surface area contributed by atoms with Crippen molar-refractivity contribution in [2.24, 2.45) is 5.92 Å². The second-order valence-electron chi connectivity index (χ2n) is 9.24. The van der Waals surface area contributed by atoms with Gasteiger partial charge in [0.1, 0.15) is 5.75 Å². The molecular formula is C26H34N4O3. The minimum Gasteiger partial charge on any atom is -0.496 e. The van der Waals surface area contributed by atoms with Crippen LogP contribution in [0.15, 0.2) is 35.1 Å². The number of aromatic nitrogens is 2. The van der Waals surface area contributed by atoms with E-state index in [1.54, 1.807) is 13.0 Å². The van der Waals surface area contributed by atoms with Gasteiger partial charge in [-0.25, -0.2) is 0 Å². The van der Waals surface area contributed by atoms with Gasteiger partial charge in [0.2, 0.25) is 0 Å². The average Bonchev–Trinajstić information content (AvgIpc) is 3.09. The third kappa shape index (κ3) is 4.42. The van der Waals surface area contributed by atoms with Crippen molar-refractivity contribution in [3.8, 4) is 5.75 Å². The van der Waals surface area contributed by atoms with E-state index in [1.165, 1.54) is 7.11 Å². The first-order chi connectivity index (χ1) is 15.8. The lowest BCUT2D eigenvalue weighted by atomic mass is 9.90. The standard InChI is InChI=1S/C26H34N4O3/c1-16-14-23(33-5)21(25(31)28-16)15-27-26(32)24-18(3)30(22-9-7-6-8-20(22)24)17(2)19-10-12-29(4)13-11-19/h6-9,14,17,19H,10-13,15H2,1-5H3,(H,27,32)(H,28,31)/t17-/m1/s1. The van der Waals surface area contributed by atoms with Crippen LogP contribution in [0.1, 0.15) is 53.1 Å². The number of aryl methyl sites for hydroxylation is 1. The maximum Gasteiger partial charge on any atom is 0.256 e. The highest BCUT2D eigenvalue weighted by Crippen LogP contribution is 2.35. The largest absolute Gasteiger partial charge is 0.496 e. The number of benzene rings is 1. The Morgan fingerprint density at radius 2 is 1.94 bits per heavy atom. The van der Waals surface area contributed by atoms with Gasteiger partial charge in [-0.15, -0.1) is 0 Å². The molecule has 33 heavy (non-hydrogen) atoms. The molecule has 1 aliphatic rings. The molecule has 2 aromatic heterocycles. The summed E-state index contributed by atoms with van der Waals surface area (Å²) in [6, 6.07) is 10.2. The van der Waals surface area contributed by atoms with E-state index in [9.17, 15) is 9.59 Å². The fraction of sp³-hybridized carbons (Fsp3) is 0.462. The topological polar surface area (TPSA) is 79.4 Å². The predicted octanol–water partition coefficient (Wildman–Crippen LogP) is 3.79. The molecule has 3 heterocycles. The van der Waals surface area contributed by atoms with E-state index < -0.39 is 0 Å². The Hall–Kier alpha value is -3.06. The van der Waals surface area contributed by atoms with E-state index in [4.69, 9.17) is 4.74 Å². The molecule has 4 rings (SSSR count). The number of methoxy groups -OCH3 is 1. The predicted molar refractivity (Wildman–Crippen MR) is 131 cm³/mol. The molecule has 1 amide bonds. The second kappa shape index (κ2) is 9.43. The molecule has 0 radical (unpaired) electrons. The van der Waals surface area contributed by atoms with E-state index >= 15 is 0 Å². The number of carbonyl (C=O) groups is 1. The Morgan fingerprint density at radius 3 is 2.64 bits per heavy atom. The molecule has 1 aliphatic heterocycles. The molecule has 0 spiro atoms. The lowest BCUT2D eigenvalue weighted by Gasteiger charge is -2.34. The van der Waals surface area contributed by atoms with E-state index in [0.29, 0.717) is 34.5 Å². The number of aromatic amines is 1. The summed E-state index contributed by atoms with van der Waals surface area (Å²) < 4.78 is 7.70. The second-order valence-corrected chi connectivity index (χ2v) is 9.24. The highest BCUT2D eigenvalue weighted by molar-refractivity contribution is 6.08. The number of fused-ring (bicyclic) bond motifs is 1. The van der Waals surface area contributed by atoms with Crippen LogP contribution in [0, 0.1) is 19.8 Å². The first kappa shape index (κ1) is 23.1. The smallest absolute Gasteiger partial charge is 0.256 e. The molecule has 1 saturated heterocycles. The van der Waals surface area contributed by atoms with Gasteiger partial charge in [-0.1, -0.05) is 18.2 Å². The molecule has 0 unspecified atom stereocenters. The normalized spacial score (nSPS) is 16.2. The first-order valence-corrected chi connectivity index (χ1v) is 11.6. The van der Waals surface area contributed by atoms with Crippen molar-refractivity contribution in [2.75, 3.05) is 27.2 Å². The summed E-state index contributed by atoms with van der Waals surface area (Å²) in [6.07, 6.45) is 2.31. The number of hydrogen-bond donors (Lipinski definition) is 2. The van der Waals surface area contributed by atoms with E-state index in [0.717, 1.165) is 42.5 Å². The van der Waals surface area contributed by atoms with Crippen LogP contribution >= 0.6 is 0 Å². The number of para-hydroxylation sites is 1. The highest BCUT2D eigenvalue weighted by Gasteiger charge is 2.28. The Morgan fingerprint density at radius 1 is 1.24 bits per heavy atom. The number of hydrogen-bond acceptors (Lipinski definition) is 4. The zero-order valence-corrected chi connectivity index (χ0v) is 20.2. The zero-order valence-electron chi connectivity index (χ0n) is 20.2. The summed E-state index contributed by atoms with van der Waals surface area (Å²) in [7, 11) is 3.70. The molecule has 1 atom stereocenters. The number of pyridine rings is 1. The van der Waals surface area contributed by atoms with Gasteiger partial charge in [-0.3, -0.25) is 9.59 Å². The van der Waals surface area contributed by atoms with Crippen LogP contribution in [0.2, 0.25) is 0 Å². The minimum atomic E-state index is -0.248. The van der Waals surface area contributed by atoms with Crippen LogP contribution in [-0.2, 0) is 6.54 Å². The van der Waals surface area contributed by atoms with Gasteiger partial charge in [-0.05, 0) is 71.8 Å². The fourth-order valence-corrected chi connectivity index (χ4v) is 5.22. The quantitative estimate of drug-likeness (QED) is 0.599. The first-order valence-electron chi connectivity index (χ1n) is 11.6. The molecule has 176 valence electrons. The highest BCUT2D eigenvalue weighted by atomic mass is 16.5. The summed E-state index contributed by atoms with van der Waals surface area (Å²) in [6.45, 7) is 8.41. The van der Waals surface area contributed by atoms with Gasteiger partial charge in [0.15, 0.2) is 0 Å². The third-order valence-electron chi connectivity index (χ3n) is 7.11. The van der Waals surface area contributed by atoms with Crippen LogP contribution in [0.3, 0.4) is 0 Å². The lowest BCUT2D eigenvalue weighted by molar-refractivity contribution is 0.0951. The van der Waals surface area contributed by atoms with Gasteiger partial charge in [-0.2, -0.15) is 0 Å². The molecule has 1 fully saturated rings. The Labute approximate surface area is 194 Å². The van der Waals surface area contributed by atoms with Crippen molar-refractivity contribution in [3.63, 3.8) is 0 Å². The monoisotopic (exact) mass is 450 g/mol. The average molecular weight is 451 g/mol. The molecule has 7 heteroatoms. The van der Waals surface area contributed by atoms with E-state index in [1.807, 2.05) is 25.1 Å². The van der Waals surface area contributed by atoms with Crippen molar-refractivity contribution in [2.45, 2.75) is 46.2 Å². The summed E-state index contributed by atoms with van der Waals surface area (Å²) >= 11 is 0. The Balaban J connectivity index is 1.65. The molecule has 0 bridgehead atoms. The van der Waals surface area contributed by atoms with Crippen LogP contribution in [0.4, 0.5) is 0 Å². The SMILES string of the molecule is COc1cc(C)[nH]c(=O)c1CNC(=O)c1c(C)n([C@H](C)C2CCN(C)CC2)c2ccccc12. The van der Waals surface area contributed by atoms with Crippen molar-refractivity contribution in [1.82, 2.24) is 19.8 Å². The molecule has 3 aromatic rings. The van der Waals surface area contributed by atoms with Gasteiger partial charge in [0, 0.05) is 28.3 Å². The van der Waals surface area contributed by atoms with Crippen molar-refractivity contribution in [1.29, 1.82) is 0 Å². The van der Waals surface area contributed by atoms with Gasteiger partial charge >= 0.3 is 0 Å². The summed E-state index contributed by atoms with van der Waals surface area (Å²) in [5, 5.41) is 3.90. The molecule has 2 N–H and O–H groups in total. The van der Waals surface area contributed by atoms with Crippen LogP contribution in [-0.4, -0.2) is 47.6 Å². The van der Waals surface area contributed by atoms with Crippen molar-refractivity contribution >= 4 is 16.8 Å². The maximum absolute atomic E-state index is 13.4. The van der Waals surface area contributed by atoms with Crippen LogP contribution in [0.25, 0.3) is 10.9 Å². The number of amides is 1. The summed E-state index contributed by atoms with van der Waals surface area (Å²) in [5.74, 6) is 0.869. The van der Waals surface area contributed by atoms with E-state index in [-0.39, 0.29) is 18.0 Å². The fourth-order valence-electron chi connectivity index (χ4n) is 5.22. The molecule has 0 aliphatic carbocycles. The number of rotatable bonds is 6. The summed E-state index contributed by atoms with van der Waals surface area (Å²) in [4.78, 5) is 31.0. The van der Waals surface area contributed by atoms with Gasteiger partial charge < -0.3 is 24.5 Å². The number of nitrogens with zero attached hydrogens (tertiary/aromatic N) is 2. The number of H-pyrrole nitrogens is 1. The van der Waals surface area contributed by atoms with Crippen LogP contribution < -0.4 is 15.6 Å². The number of piperidine rings is 1. The minimum absolute atomic E-state index is 0.0983. The molecule has 7 nitrogen and oxygen atoms in total.